The predicted molar refractivity (Wildman–Crippen MR) is 78.4 cm³/mol. The van der Waals surface area contributed by atoms with Crippen molar-refractivity contribution in [3.8, 4) is 0 Å². The van der Waals surface area contributed by atoms with Crippen molar-refractivity contribution in [2.75, 3.05) is 26.8 Å². The number of hydrogen-bond donors (Lipinski definition) is 0. The molecule has 0 spiro atoms. The van der Waals surface area contributed by atoms with Crippen molar-refractivity contribution >= 4 is 11.8 Å². The molecule has 0 saturated heterocycles. The van der Waals surface area contributed by atoms with Crippen molar-refractivity contribution in [1.29, 1.82) is 0 Å². The normalized spacial score (nSPS) is 20.1. The van der Waals surface area contributed by atoms with Crippen LogP contribution in [0.5, 0.6) is 0 Å². The van der Waals surface area contributed by atoms with Gasteiger partial charge in [-0.2, -0.15) is 0 Å². The summed E-state index contributed by atoms with van der Waals surface area (Å²) in [5, 5.41) is 0.696. The summed E-state index contributed by atoms with van der Waals surface area (Å²) < 4.78 is 5.26. The standard InChI is InChI=1S/C15H23NOS/c1-4-16(12(2)11-17-3)10-14-9-13-7-5-6-8-15(13)18-14/h5-8,12,14H,4,9-11H2,1-3H3. The van der Waals surface area contributed by atoms with Crippen LogP contribution in [-0.4, -0.2) is 43.0 Å². The second-order valence-corrected chi connectivity index (χ2v) is 6.29. The molecule has 1 aromatic rings. The highest BCUT2D eigenvalue weighted by atomic mass is 32.2. The van der Waals surface area contributed by atoms with Crippen molar-refractivity contribution in [3.63, 3.8) is 0 Å². The zero-order valence-electron chi connectivity index (χ0n) is 11.6. The second-order valence-electron chi connectivity index (χ2n) is 4.94. The summed E-state index contributed by atoms with van der Waals surface area (Å²) in [6, 6.07) is 9.29. The van der Waals surface area contributed by atoms with E-state index >= 15 is 0 Å². The van der Waals surface area contributed by atoms with E-state index in [1.165, 1.54) is 16.9 Å². The van der Waals surface area contributed by atoms with Gasteiger partial charge >= 0.3 is 0 Å². The fourth-order valence-corrected chi connectivity index (χ4v) is 3.93. The van der Waals surface area contributed by atoms with Gasteiger partial charge in [-0.05, 0) is 31.5 Å². The molecule has 0 fully saturated rings. The number of thioether (sulfide) groups is 1. The Morgan fingerprint density at radius 3 is 2.89 bits per heavy atom. The minimum Gasteiger partial charge on any atom is -0.383 e. The van der Waals surface area contributed by atoms with Crippen molar-refractivity contribution in [2.24, 2.45) is 0 Å². The number of ether oxygens (including phenoxy) is 1. The molecule has 100 valence electrons. The first-order valence-electron chi connectivity index (χ1n) is 6.72. The van der Waals surface area contributed by atoms with E-state index in [2.05, 4.69) is 43.0 Å². The van der Waals surface area contributed by atoms with Crippen LogP contribution >= 0.6 is 11.8 Å². The molecule has 1 heterocycles. The van der Waals surface area contributed by atoms with Gasteiger partial charge in [-0.25, -0.2) is 0 Å². The van der Waals surface area contributed by atoms with Crippen molar-refractivity contribution in [2.45, 2.75) is 36.5 Å². The van der Waals surface area contributed by atoms with Gasteiger partial charge in [0.25, 0.3) is 0 Å². The Morgan fingerprint density at radius 2 is 2.22 bits per heavy atom. The van der Waals surface area contributed by atoms with E-state index in [1.807, 2.05) is 11.8 Å². The van der Waals surface area contributed by atoms with Crippen LogP contribution in [0.4, 0.5) is 0 Å². The maximum absolute atomic E-state index is 5.26. The van der Waals surface area contributed by atoms with Crippen LogP contribution in [0.3, 0.4) is 0 Å². The van der Waals surface area contributed by atoms with Crippen molar-refractivity contribution in [3.05, 3.63) is 29.8 Å². The predicted octanol–water partition coefficient (Wildman–Crippen LogP) is 3.06. The van der Waals surface area contributed by atoms with Crippen LogP contribution in [0.2, 0.25) is 0 Å². The Balaban J connectivity index is 1.91. The first-order valence-corrected chi connectivity index (χ1v) is 7.60. The van der Waals surface area contributed by atoms with Gasteiger partial charge < -0.3 is 4.74 Å². The summed E-state index contributed by atoms with van der Waals surface area (Å²) >= 11 is 2.03. The van der Waals surface area contributed by atoms with Crippen LogP contribution in [0.25, 0.3) is 0 Å². The molecule has 2 nitrogen and oxygen atoms in total. The summed E-state index contributed by atoms with van der Waals surface area (Å²) in [5.74, 6) is 0. The minimum absolute atomic E-state index is 0.504. The zero-order chi connectivity index (χ0) is 13.0. The molecule has 0 radical (unpaired) electrons. The molecule has 1 aromatic carbocycles. The highest BCUT2D eigenvalue weighted by Gasteiger charge is 2.25. The maximum Gasteiger partial charge on any atom is 0.0615 e. The lowest BCUT2D eigenvalue weighted by molar-refractivity contribution is 0.103. The SMILES string of the molecule is CCN(CC1Cc2ccccc2S1)C(C)COC. The summed E-state index contributed by atoms with van der Waals surface area (Å²) in [6.07, 6.45) is 1.21. The summed E-state index contributed by atoms with van der Waals surface area (Å²) in [5.41, 5.74) is 1.52. The Hall–Kier alpha value is -0.510. The molecule has 0 aliphatic carbocycles. The maximum atomic E-state index is 5.26. The fraction of sp³-hybridized carbons (Fsp3) is 0.600. The molecule has 3 heteroatoms. The highest BCUT2D eigenvalue weighted by Crippen LogP contribution is 2.37. The number of hydrogen-bond acceptors (Lipinski definition) is 3. The molecular weight excluding hydrogens is 242 g/mol. The van der Waals surface area contributed by atoms with Crippen molar-refractivity contribution in [1.82, 2.24) is 4.90 Å². The van der Waals surface area contributed by atoms with Gasteiger partial charge in [0.2, 0.25) is 0 Å². The quantitative estimate of drug-likeness (QED) is 0.784. The Morgan fingerprint density at radius 1 is 1.44 bits per heavy atom. The van der Waals surface area contributed by atoms with Crippen LogP contribution in [0.1, 0.15) is 19.4 Å². The van der Waals surface area contributed by atoms with E-state index in [0.29, 0.717) is 11.3 Å². The molecule has 0 N–H and O–H groups in total. The van der Waals surface area contributed by atoms with Crippen molar-refractivity contribution < 1.29 is 4.74 Å². The Labute approximate surface area is 115 Å². The van der Waals surface area contributed by atoms with Gasteiger partial charge in [-0.15, -0.1) is 11.8 Å². The zero-order valence-corrected chi connectivity index (χ0v) is 12.4. The molecule has 2 atom stereocenters. The molecule has 1 aliphatic rings. The number of nitrogens with zero attached hydrogens (tertiary/aromatic N) is 1. The molecule has 18 heavy (non-hydrogen) atoms. The van der Waals surface area contributed by atoms with Gasteiger partial charge in [0.15, 0.2) is 0 Å². The van der Waals surface area contributed by atoms with E-state index in [0.717, 1.165) is 19.7 Å². The smallest absolute Gasteiger partial charge is 0.0615 e. The number of methoxy groups -OCH3 is 1. The first-order chi connectivity index (χ1) is 8.74. The summed E-state index contributed by atoms with van der Waals surface area (Å²) in [6.45, 7) is 7.55. The van der Waals surface area contributed by atoms with Gasteiger partial charge in [-0.1, -0.05) is 25.1 Å². The highest BCUT2D eigenvalue weighted by molar-refractivity contribution is 8.00. The largest absolute Gasteiger partial charge is 0.383 e. The second kappa shape index (κ2) is 6.60. The van der Waals surface area contributed by atoms with Gasteiger partial charge in [-0.3, -0.25) is 4.90 Å². The topological polar surface area (TPSA) is 12.5 Å². The van der Waals surface area contributed by atoms with Crippen LogP contribution in [0, 0.1) is 0 Å². The monoisotopic (exact) mass is 265 g/mol. The molecule has 0 bridgehead atoms. The third-order valence-electron chi connectivity index (χ3n) is 3.59. The molecule has 0 aromatic heterocycles. The number of fused-ring (bicyclic) bond motifs is 1. The van der Waals surface area contributed by atoms with Gasteiger partial charge in [0.1, 0.15) is 0 Å². The molecule has 1 aliphatic heterocycles. The van der Waals surface area contributed by atoms with Gasteiger partial charge in [0.05, 0.1) is 6.61 Å². The molecule has 0 amide bonds. The molecular formula is C15H23NOS. The number of likely N-dealkylation sites (N-methyl/N-ethyl adjacent to an activating group) is 1. The lowest BCUT2D eigenvalue weighted by Gasteiger charge is -2.29. The fourth-order valence-electron chi connectivity index (χ4n) is 2.58. The molecule has 2 rings (SSSR count). The minimum atomic E-state index is 0.504. The van der Waals surface area contributed by atoms with E-state index < -0.39 is 0 Å². The van der Waals surface area contributed by atoms with E-state index in [-0.39, 0.29) is 0 Å². The van der Waals surface area contributed by atoms with Crippen LogP contribution in [-0.2, 0) is 11.2 Å². The molecule has 2 unspecified atom stereocenters. The third-order valence-corrected chi connectivity index (χ3v) is 4.89. The number of benzene rings is 1. The van der Waals surface area contributed by atoms with Gasteiger partial charge in [0, 0.05) is 29.8 Å². The average molecular weight is 265 g/mol. The number of rotatable bonds is 6. The third kappa shape index (κ3) is 3.28. The van der Waals surface area contributed by atoms with Crippen LogP contribution < -0.4 is 0 Å². The Kier molecular flexibility index (Phi) is 5.10. The van der Waals surface area contributed by atoms with E-state index in [1.54, 1.807) is 7.11 Å². The molecule has 0 saturated carbocycles. The van der Waals surface area contributed by atoms with Crippen LogP contribution in [0.15, 0.2) is 29.2 Å². The van der Waals surface area contributed by atoms with E-state index in [4.69, 9.17) is 4.74 Å². The summed E-state index contributed by atoms with van der Waals surface area (Å²) in [4.78, 5) is 3.99. The lowest BCUT2D eigenvalue weighted by atomic mass is 10.1. The lowest BCUT2D eigenvalue weighted by Crippen LogP contribution is -2.40. The first kappa shape index (κ1) is 13.9. The average Bonchev–Trinajstić information content (AvgIpc) is 2.78. The Bertz CT molecular complexity index is 358. The van der Waals surface area contributed by atoms with E-state index in [9.17, 15) is 0 Å². The summed E-state index contributed by atoms with van der Waals surface area (Å²) in [7, 11) is 1.78.